The van der Waals surface area contributed by atoms with Gasteiger partial charge in [0.05, 0.1) is 19.2 Å². The van der Waals surface area contributed by atoms with Crippen molar-refractivity contribution in [3.05, 3.63) is 42.2 Å². The van der Waals surface area contributed by atoms with E-state index in [0.717, 1.165) is 30.6 Å². The number of nitrogens with one attached hydrogen (secondary N) is 1. The summed E-state index contributed by atoms with van der Waals surface area (Å²) >= 11 is 0. The summed E-state index contributed by atoms with van der Waals surface area (Å²) in [5.74, 6) is 0.119. The quantitative estimate of drug-likeness (QED) is 0.896. The summed E-state index contributed by atoms with van der Waals surface area (Å²) in [4.78, 5) is 13.2. The van der Waals surface area contributed by atoms with E-state index in [4.69, 9.17) is 4.74 Å². The zero-order chi connectivity index (χ0) is 14.4. The molecule has 0 saturated heterocycles. The maximum Gasteiger partial charge on any atom is 0.226 e. The molecule has 1 heterocycles. The van der Waals surface area contributed by atoms with Gasteiger partial charge in [0, 0.05) is 19.8 Å². The number of benzene rings is 1. The summed E-state index contributed by atoms with van der Waals surface area (Å²) in [5, 5.41) is 3.36. The molecule has 0 bridgehead atoms. The fraction of sp³-hybridized carbons (Fsp3) is 0.438. The maximum atomic E-state index is 11.6. The molecule has 1 aliphatic rings. The number of carbonyl (C=O) groups excluding carboxylic acids is 1. The fourth-order valence-electron chi connectivity index (χ4n) is 2.04. The molecule has 1 N–H and O–H groups in total. The molecule has 4 heteroatoms. The largest absolute Gasteiger partial charge is 0.497 e. The van der Waals surface area contributed by atoms with Crippen molar-refractivity contribution in [2.45, 2.75) is 25.4 Å². The van der Waals surface area contributed by atoms with Crippen LogP contribution in [0.25, 0.3) is 0 Å². The standard InChI is InChI=1S/C16H22N2O2/c1-18(2)16(19)11-13-6-8-14(9-7-13)17-12-15-5-3-4-10-20-15/h4,6-10,15,17H,3,5,11-12H2,1-2H3. The van der Waals surface area contributed by atoms with Gasteiger partial charge in [-0.2, -0.15) is 0 Å². The van der Waals surface area contributed by atoms with E-state index in [1.807, 2.05) is 30.3 Å². The van der Waals surface area contributed by atoms with Gasteiger partial charge in [-0.3, -0.25) is 4.79 Å². The zero-order valence-electron chi connectivity index (χ0n) is 12.1. The highest BCUT2D eigenvalue weighted by atomic mass is 16.5. The Labute approximate surface area is 120 Å². The number of carbonyl (C=O) groups is 1. The molecule has 1 unspecified atom stereocenters. The van der Waals surface area contributed by atoms with Crippen molar-refractivity contribution < 1.29 is 9.53 Å². The van der Waals surface area contributed by atoms with Crippen molar-refractivity contribution in [3.63, 3.8) is 0 Å². The lowest BCUT2D eigenvalue weighted by Gasteiger charge is -2.20. The van der Waals surface area contributed by atoms with Gasteiger partial charge in [-0.25, -0.2) is 0 Å². The molecule has 0 fully saturated rings. The van der Waals surface area contributed by atoms with Gasteiger partial charge >= 0.3 is 0 Å². The average Bonchev–Trinajstić information content (AvgIpc) is 2.47. The van der Waals surface area contributed by atoms with Crippen molar-refractivity contribution >= 4 is 11.6 Å². The highest BCUT2D eigenvalue weighted by Gasteiger charge is 2.10. The lowest BCUT2D eigenvalue weighted by Crippen LogP contribution is -2.23. The van der Waals surface area contributed by atoms with Crippen molar-refractivity contribution in [2.75, 3.05) is 26.0 Å². The molecule has 1 aromatic carbocycles. The van der Waals surface area contributed by atoms with Crippen LogP contribution in [0.15, 0.2) is 36.6 Å². The third-order valence-electron chi connectivity index (χ3n) is 3.36. The number of allylic oxidation sites excluding steroid dienone is 1. The average molecular weight is 274 g/mol. The first-order valence-electron chi connectivity index (χ1n) is 6.98. The molecule has 0 spiro atoms. The molecule has 1 aliphatic heterocycles. The molecule has 0 aliphatic carbocycles. The van der Waals surface area contributed by atoms with Crippen LogP contribution < -0.4 is 5.32 Å². The first kappa shape index (κ1) is 14.4. The van der Waals surface area contributed by atoms with E-state index >= 15 is 0 Å². The Bertz CT molecular complexity index is 466. The molecule has 1 aromatic rings. The summed E-state index contributed by atoms with van der Waals surface area (Å²) in [6.45, 7) is 0.806. The lowest BCUT2D eigenvalue weighted by atomic mass is 10.1. The zero-order valence-corrected chi connectivity index (χ0v) is 12.1. The summed E-state index contributed by atoms with van der Waals surface area (Å²) in [5.41, 5.74) is 2.09. The van der Waals surface area contributed by atoms with Crippen LogP contribution in [0.5, 0.6) is 0 Å². The minimum atomic E-state index is 0.119. The lowest BCUT2D eigenvalue weighted by molar-refractivity contribution is -0.127. The highest BCUT2D eigenvalue weighted by molar-refractivity contribution is 5.78. The molecule has 0 saturated carbocycles. The van der Waals surface area contributed by atoms with Crippen molar-refractivity contribution in [3.8, 4) is 0 Å². The molecule has 1 amide bonds. The van der Waals surface area contributed by atoms with Crippen LogP contribution in [-0.2, 0) is 16.0 Å². The van der Waals surface area contributed by atoms with E-state index in [0.29, 0.717) is 6.42 Å². The molecule has 0 radical (unpaired) electrons. The third kappa shape index (κ3) is 4.30. The maximum absolute atomic E-state index is 11.6. The van der Waals surface area contributed by atoms with Gasteiger partial charge < -0.3 is 15.0 Å². The predicted molar refractivity (Wildman–Crippen MR) is 80.6 cm³/mol. The second-order valence-corrected chi connectivity index (χ2v) is 5.25. The molecule has 2 rings (SSSR count). The van der Waals surface area contributed by atoms with E-state index in [1.54, 1.807) is 25.3 Å². The van der Waals surface area contributed by atoms with Crippen LogP contribution >= 0.6 is 0 Å². The molecule has 20 heavy (non-hydrogen) atoms. The van der Waals surface area contributed by atoms with Crippen LogP contribution in [0.4, 0.5) is 5.69 Å². The molecular formula is C16H22N2O2. The van der Waals surface area contributed by atoms with Gasteiger partial charge in [-0.15, -0.1) is 0 Å². The van der Waals surface area contributed by atoms with Crippen LogP contribution in [-0.4, -0.2) is 37.6 Å². The minimum absolute atomic E-state index is 0.119. The second-order valence-electron chi connectivity index (χ2n) is 5.25. The number of ether oxygens (including phenoxy) is 1. The number of likely N-dealkylation sites (N-methyl/N-ethyl adjacent to an activating group) is 1. The first-order chi connectivity index (χ1) is 9.65. The number of hydrogen-bond acceptors (Lipinski definition) is 3. The Morgan fingerprint density at radius 3 is 2.70 bits per heavy atom. The second kappa shape index (κ2) is 6.98. The fourth-order valence-corrected chi connectivity index (χ4v) is 2.04. The van der Waals surface area contributed by atoms with Crippen molar-refractivity contribution in [2.24, 2.45) is 0 Å². The van der Waals surface area contributed by atoms with Gasteiger partial charge in [-0.1, -0.05) is 12.1 Å². The molecule has 4 nitrogen and oxygen atoms in total. The first-order valence-corrected chi connectivity index (χ1v) is 6.98. The topological polar surface area (TPSA) is 41.6 Å². The van der Waals surface area contributed by atoms with E-state index in [2.05, 4.69) is 5.32 Å². The molecular weight excluding hydrogens is 252 g/mol. The van der Waals surface area contributed by atoms with Crippen molar-refractivity contribution in [1.82, 2.24) is 4.90 Å². The Kier molecular flexibility index (Phi) is 5.04. The monoisotopic (exact) mass is 274 g/mol. The van der Waals surface area contributed by atoms with Crippen LogP contribution in [0, 0.1) is 0 Å². The van der Waals surface area contributed by atoms with E-state index < -0.39 is 0 Å². The van der Waals surface area contributed by atoms with Crippen LogP contribution in [0.1, 0.15) is 18.4 Å². The SMILES string of the molecule is CN(C)C(=O)Cc1ccc(NCC2CCC=CO2)cc1. The van der Waals surface area contributed by atoms with E-state index in [9.17, 15) is 4.79 Å². The normalized spacial score (nSPS) is 17.4. The van der Waals surface area contributed by atoms with Gasteiger partial charge in [0.1, 0.15) is 6.10 Å². The van der Waals surface area contributed by atoms with Crippen molar-refractivity contribution in [1.29, 1.82) is 0 Å². The molecule has 108 valence electrons. The molecule has 0 aromatic heterocycles. The van der Waals surface area contributed by atoms with Gasteiger partial charge in [-0.05, 0) is 36.6 Å². The molecule has 1 atom stereocenters. The van der Waals surface area contributed by atoms with Gasteiger partial charge in [0.15, 0.2) is 0 Å². The minimum Gasteiger partial charge on any atom is -0.497 e. The number of nitrogens with zero attached hydrogens (tertiary/aromatic N) is 1. The summed E-state index contributed by atoms with van der Waals surface area (Å²) in [6, 6.07) is 8.00. The Morgan fingerprint density at radius 1 is 1.35 bits per heavy atom. The Morgan fingerprint density at radius 2 is 2.10 bits per heavy atom. The van der Waals surface area contributed by atoms with Crippen LogP contribution in [0.3, 0.4) is 0 Å². The Hall–Kier alpha value is -1.97. The Balaban J connectivity index is 1.82. The van der Waals surface area contributed by atoms with Gasteiger partial charge in [0.25, 0.3) is 0 Å². The highest BCUT2D eigenvalue weighted by Crippen LogP contribution is 2.14. The summed E-state index contributed by atoms with van der Waals surface area (Å²) in [7, 11) is 3.55. The number of hydrogen-bond donors (Lipinski definition) is 1. The van der Waals surface area contributed by atoms with Crippen LogP contribution in [0.2, 0.25) is 0 Å². The number of anilines is 1. The predicted octanol–water partition coefficient (Wildman–Crippen LogP) is 2.42. The van der Waals surface area contributed by atoms with E-state index in [1.165, 1.54) is 0 Å². The smallest absolute Gasteiger partial charge is 0.226 e. The number of rotatable bonds is 5. The van der Waals surface area contributed by atoms with E-state index in [-0.39, 0.29) is 12.0 Å². The van der Waals surface area contributed by atoms with Gasteiger partial charge in [0.2, 0.25) is 5.91 Å². The summed E-state index contributed by atoms with van der Waals surface area (Å²) < 4.78 is 5.51. The number of amides is 1. The third-order valence-corrected chi connectivity index (χ3v) is 3.36. The summed E-state index contributed by atoms with van der Waals surface area (Å²) in [6.07, 6.45) is 6.66.